The van der Waals surface area contributed by atoms with Crippen LogP contribution in [0.5, 0.6) is 0 Å². The summed E-state index contributed by atoms with van der Waals surface area (Å²) in [7, 11) is 3.50. The molecule has 110 valence electrons. The Morgan fingerprint density at radius 1 is 1.35 bits per heavy atom. The molecule has 1 aromatic carbocycles. The molecule has 1 aliphatic rings. The molecular weight excluding hydrogens is 254 g/mol. The highest BCUT2D eigenvalue weighted by Crippen LogP contribution is 2.28. The first kappa shape index (κ1) is 15.0. The minimum atomic E-state index is -0.206. The van der Waals surface area contributed by atoms with Gasteiger partial charge in [-0.25, -0.2) is 0 Å². The van der Waals surface area contributed by atoms with Crippen LogP contribution in [0.25, 0.3) is 0 Å². The lowest BCUT2D eigenvalue weighted by Gasteiger charge is -2.34. The van der Waals surface area contributed by atoms with Crippen molar-refractivity contribution in [2.75, 3.05) is 20.7 Å². The van der Waals surface area contributed by atoms with Crippen molar-refractivity contribution in [1.82, 2.24) is 4.90 Å². The molecule has 0 saturated heterocycles. The molecule has 2 rings (SSSR count). The SMILES string of the molecule is COC(=O)Cc1ccccc1CN(C)CC1CC(O)C1. The van der Waals surface area contributed by atoms with Crippen molar-refractivity contribution < 1.29 is 14.6 Å². The van der Waals surface area contributed by atoms with Crippen molar-refractivity contribution in [3.63, 3.8) is 0 Å². The number of carbonyl (C=O) groups is 1. The van der Waals surface area contributed by atoms with Gasteiger partial charge in [-0.1, -0.05) is 24.3 Å². The Kier molecular flexibility index (Phi) is 5.15. The molecule has 0 aliphatic heterocycles. The quantitative estimate of drug-likeness (QED) is 0.803. The molecule has 0 aromatic heterocycles. The Hall–Kier alpha value is -1.39. The summed E-state index contributed by atoms with van der Waals surface area (Å²) in [6.07, 6.45) is 2.05. The van der Waals surface area contributed by atoms with Gasteiger partial charge in [0.05, 0.1) is 19.6 Å². The Morgan fingerprint density at radius 3 is 2.60 bits per heavy atom. The van der Waals surface area contributed by atoms with Gasteiger partial charge in [-0.05, 0) is 36.9 Å². The van der Waals surface area contributed by atoms with Crippen LogP contribution in [0, 0.1) is 5.92 Å². The van der Waals surface area contributed by atoms with Gasteiger partial charge in [-0.2, -0.15) is 0 Å². The Balaban J connectivity index is 1.92. The van der Waals surface area contributed by atoms with Gasteiger partial charge in [0.1, 0.15) is 0 Å². The number of benzene rings is 1. The molecule has 0 bridgehead atoms. The summed E-state index contributed by atoms with van der Waals surface area (Å²) in [5.74, 6) is 0.394. The summed E-state index contributed by atoms with van der Waals surface area (Å²) in [6, 6.07) is 7.98. The summed E-state index contributed by atoms with van der Waals surface area (Å²) in [5, 5.41) is 9.32. The fourth-order valence-electron chi connectivity index (χ4n) is 2.76. The monoisotopic (exact) mass is 277 g/mol. The van der Waals surface area contributed by atoms with Crippen molar-refractivity contribution in [1.29, 1.82) is 0 Å². The van der Waals surface area contributed by atoms with E-state index in [-0.39, 0.29) is 12.1 Å². The fraction of sp³-hybridized carbons (Fsp3) is 0.562. The standard InChI is InChI=1S/C16H23NO3/c1-17(10-12-7-15(18)8-12)11-14-6-4-3-5-13(14)9-16(19)20-2/h3-6,12,15,18H,7-11H2,1-2H3. The van der Waals surface area contributed by atoms with Crippen molar-refractivity contribution in [2.24, 2.45) is 5.92 Å². The lowest BCUT2D eigenvalue weighted by atomic mass is 9.82. The predicted octanol–water partition coefficient (Wildman–Crippen LogP) is 1.60. The molecule has 0 unspecified atom stereocenters. The van der Waals surface area contributed by atoms with E-state index < -0.39 is 0 Å². The van der Waals surface area contributed by atoms with Gasteiger partial charge < -0.3 is 14.7 Å². The van der Waals surface area contributed by atoms with Gasteiger partial charge in [-0.3, -0.25) is 4.79 Å². The van der Waals surface area contributed by atoms with Crippen LogP contribution in [0.4, 0.5) is 0 Å². The molecule has 1 aliphatic carbocycles. The Labute approximate surface area is 120 Å². The molecule has 0 spiro atoms. The lowest BCUT2D eigenvalue weighted by Crippen LogP contribution is -2.36. The number of carbonyl (C=O) groups excluding carboxylic acids is 1. The summed E-state index contributed by atoms with van der Waals surface area (Å²) >= 11 is 0. The third-order valence-corrected chi connectivity index (χ3v) is 3.90. The van der Waals surface area contributed by atoms with E-state index in [0.717, 1.165) is 31.5 Å². The third-order valence-electron chi connectivity index (χ3n) is 3.90. The van der Waals surface area contributed by atoms with E-state index in [0.29, 0.717) is 12.3 Å². The van der Waals surface area contributed by atoms with Crippen molar-refractivity contribution in [3.8, 4) is 0 Å². The normalized spacial score (nSPS) is 21.6. The molecule has 20 heavy (non-hydrogen) atoms. The van der Waals surface area contributed by atoms with E-state index in [2.05, 4.69) is 18.0 Å². The van der Waals surface area contributed by atoms with Crippen LogP contribution in [0.3, 0.4) is 0 Å². The highest BCUT2D eigenvalue weighted by Gasteiger charge is 2.27. The van der Waals surface area contributed by atoms with Crippen LogP contribution in [-0.4, -0.2) is 42.8 Å². The summed E-state index contributed by atoms with van der Waals surface area (Å²) in [5.41, 5.74) is 2.19. The topological polar surface area (TPSA) is 49.8 Å². The minimum Gasteiger partial charge on any atom is -0.469 e. The van der Waals surface area contributed by atoms with E-state index >= 15 is 0 Å². The largest absolute Gasteiger partial charge is 0.469 e. The smallest absolute Gasteiger partial charge is 0.309 e. The van der Waals surface area contributed by atoms with Gasteiger partial charge in [-0.15, -0.1) is 0 Å². The van der Waals surface area contributed by atoms with Gasteiger partial charge in [0.15, 0.2) is 0 Å². The first-order valence-electron chi connectivity index (χ1n) is 7.08. The molecule has 4 nitrogen and oxygen atoms in total. The van der Waals surface area contributed by atoms with Crippen molar-refractivity contribution in [2.45, 2.75) is 31.9 Å². The van der Waals surface area contributed by atoms with E-state index in [1.165, 1.54) is 12.7 Å². The molecule has 1 fully saturated rings. The van der Waals surface area contributed by atoms with E-state index in [1.807, 2.05) is 18.2 Å². The minimum absolute atomic E-state index is 0.0972. The third kappa shape index (κ3) is 4.05. The van der Waals surface area contributed by atoms with Crippen LogP contribution < -0.4 is 0 Å². The maximum atomic E-state index is 11.4. The summed E-state index contributed by atoms with van der Waals surface area (Å²) in [6.45, 7) is 1.81. The molecule has 0 atom stereocenters. The van der Waals surface area contributed by atoms with Crippen LogP contribution in [0.15, 0.2) is 24.3 Å². The number of nitrogens with zero attached hydrogens (tertiary/aromatic N) is 1. The van der Waals surface area contributed by atoms with Crippen LogP contribution in [0.2, 0.25) is 0 Å². The number of hydrogen-bond acceptors (Lipinski definition) is 4. The second-order valence-corrected chi connectivity index (χ2v) is 5.71. The fourth-order valence-corrected chi connectivity index (χ4v) is 2.76. The summed E-state index contributed by atoms with van der Waals surface area (Å²) in [4.78, 5) is 13.7. The zero-order chi connectivity index (χ0) is 14.5. The second-order valence-electron chi connectivity index (χ2n) is 5.71. The first-order chi connectivity index (χ1) is 9.58. The Morgan fingerprint density at radius 2 is 2.00 bits per heavy atom. The molecule has 0 amide bonds. The molecule has 1 aromatic rings. The highest BCUT2D eigenvalue weighted by atomic mass is 16.5. The van der Waals surface area contributed by atoms with Crippen LogP contribution in [0.1, 0.15) is 24.0 Å². The number of aliphatic hydroxyl groups is 1. The molecule has 0 radical (unpaired) electrons. The number of methoxy groups -OCH3 is 1. The average molecular weight is 277 g/mol. The zero-order valence-electron chi connectivity index (χ0n) is 12.2. The maximum absolute atomic E-state index is 11.4. The maximum Gasteiger partial charge on any atom is 0.309 e. The molecule has 1 N–H and O–H groups in total. The molecular formula is C16H23NO3. The van der Waals surface area contributed by atoms with Crippen molar-refractivity contribution in [3.05, 3.63) is 35.4 Å². The van der Waals surface area contributed by atoms with Crippen molar-refractivity contribution >= 4 is 5.97 Å². The molecule has 0 heterocycles. The van der Waals surface area contributed by atoms with Gasteiger partial charge in [0, 0.05) is 13.1 Å². The molecule has 1 saturated carbocycles. The number of ether oxygens (including phenoxy) is 1. The second kappa shape index (κ2) is 6.86. The van der Waals surface area contributed by atoms with Gasteiger partial charge in [0.25, 0.3) is 0 Å². The van der Waals surface area contributed by atoms with Crippen LogP contribution in [-0.2, 0) is 22.5 Å². The highest BCUT2D eigenvalue weighted by molar-refractivity contribution is 5.72. The lowest BCUT2D eigenvalue weighted by molar-refractivity contribution is -0.139. The number of esters is 1. The van der Waals surface area contributed by atoms with Gasteiger partial charge >= 0.3 is 5.97 Å². The number of hydrogen-bond donors (Lipinski definition) is 1. The number of rotatable bonds is 6. The Bertz CT molecular complexity index is 455. The number of aliphatic hydroxyl groups excluding tert-OH is 1. The van der Waals surface area contributed by atoms with E-state index in [1.54, 1.807) is 0 Å². The first-order valence-corrected chi connectivity index (χ1v) is 7.08. The van der Waals surface area contributed by atoms with Crippen LogP contribution >= 0.6 is 0 Å². The van der Waals surface area contributed by atoms with Gasteiger partial charge in [0.2, 0.25) is 0 Å². The predicted molar refractivity (Wildman–Crippen MR) is 77.2 cm³/mol. The molecule has 4 heteroatoms. The summed E-state index contributed by atoms with van der Waals surface area (Å²) < 4.78 is 4.74. The zero-order valence-corrected chi connectivity index (χ0v) is 12.2. The van der Waals surface area contributed by atoms with E-state index in [4.69, 9.17) is 4.74 Å². The van der Waals surface area contributed by atoms with E-state index in [9.17, 15) is 9.90 Å². The average Bonchev–Trinajstić information content (AvgIpc) is 2.39.